The van der Waals surface area contributed by atoms with Crippen molar-refractivity contribution in [3.8, 4) is 17.2 Å². The monoisotopic (exact) mass is 545 g/mol. The molecular weight excluding hydrogens is 510 g/mol. The number of benzene rings is 3. The molecule has 3 aromatic carbocycles. The van der Waals surface area contributed by atoms with Crippen LogP contribution in [0.3, 0.4) is 0 Å². The van der Waals surface area contributed by atoms with E-state index < -0.39 is 11.9 Å². The van der Waals surface area contributed by atoms with Crippen LogP contribution in [0.25, 0.3) is 0 Å². The van der Waals surface area contributed by atoms with E-state index in [1.165, 1.54) is 0 Å². The van der Waals surface area contributed by atoms with E-state index >= 15 is 0 Å². The average molecular weight is 546 g/mol. The van der Waals surface area contributed by atoms with Crippen molar-refractivity contribution in [2.24, 2.45) is 0 Å². The van der Waals surface area contributed by atoms with Crippen molar-refractivity contribution in [1.82, 2.24) is 0 Å². The van der Waals surface area contributed by atoms with E-state index in [1.807, 2.05) is 6.92 Å². The molecule has 0 aromatic heterocycles. The van der Waals surface area contributed by atoms with Gasteiger partial charge in [-0.1, -0.05) is 19.9 Å². The first kappa shape index (κ1) is 30.0. The highest BCUT2D eigenvalue weighted by Crippen LogP contribution is 2.24. The van der Waals surface area contributed by atoms with Crippen LogP contribution in [0.5, 0.6) is 17.2 Å². The zero-order valence-electron chi connectivity index (χ0n) is 22.9. The maximum Gasteiger partial charge on any atom is 0.343 e. The summed E-state index contributed by atoms with van der Waals surface area (Å²) in [5.74, 6) is 0.544. The number of unbranched alkanes of at least 4 members (excludes halogenated alkanes) is 2. The van der Waals surface area contributed by atoms with E-state index in [1.54, 1.807) is 66.7 Å². The summed E-state index contributed by atoms with van der Waals surface area (Å²) in [6, 6.07) is 18.7. The molecule has 0 fully saturated rings. The molecule has 1 amide bonds. The molecule has 210 valence electrons. The number of anilines is 1. The largest absolute Gasteiger partial charge is 0.494 e. The predicted octanol–water partition coefficient (Wildman–Crippen LogP) is 6.53. The van der Waals surface area contributed by atoms with Gasteiger partial charge in [-0.15, -0.1) is 0 Å². The van der Waals surface area contributed by atoms with Crippen molar-refractivity contribution in [3.05, 3.63) is 96.1 Å². The Labute approximate surface area is 234 Å². The molecule has 0 saturated heterocycles. The van der Waals surface area contributed by atoms with Crippen molar-refractivity contribution >= 4 is 23.5 Å². The van der Waals surface area contributed by atoms with Gasteiger partial charge in [0.25, 0.3) is 5.91 Å². The zero-order chi connectivity index (χ0) is 28.7. The Hall–Kier alpha value is -4.59. The van der Waals surface area contributed by atoms with Gasteiger partial charge in [-0.3, -0.25) is 4.79 Å². The summed E-state index contributed by atoms with van der Waals surface area (Å²) in [6.45, 7) is 8.69. The molecule has 8 nitrogen and oxygen atoms in total. The second-order valence-corrected chi connectivity index (χ2v) is 9.00. The molecule has 0 aliphatic rings. The lowest BCUT2D eigenvalue weighted by Gasteiger charge is -2.12. The van der Waals surface area contributed by atoms with E-state index in [9.17, 15) is 14.4 Å². The summed E-state index contributed by atoms with van der Waals surface area (Å²) in [6.07, 6.45) is 4.56. The van der Waals surface area contributed by atoms with Crippen molar-refractivity contribution in [2.45, 2.75) is 39.5 Å². The van der Waals surface area contributed by atoms with Crippen LogP contribution in [-0.4, -0.2) is 37.7 Å². The Morgan fingerprint density at radius 3 is 1.95 bits per heavy atom. The van der Waals surface area contributed by atoms with Crippen LogP contribution in [-0.2, 0) is 9.53 Å². The molecule has 0 aliphatic carbocycles. The molecule has 0 saturated carbocycles. The highest BCUT2D eigenvalue weighted by Gasteiger charge is 2.12. The molecule has 0 aliphatic heterocycles. The lowest BCUT2D eigenvalue weighted by atomic mass is 10.1. The number of amides is 1. The molecule has 0 heterocycles. The van der Waals surface area contributed by atoms with E-state index in [0.29, 0.717) is 60.3 Å². The summed E-state index contributed by atoms with van der Waals surface area (Å²) < 4.78 is 21.7. The second kappa shape index (κ2) is 15.7. The average Bonchev–Trinajstić information content (AvgIpc) is 2.96. The molecule has 1 N–H and O–H groups in total. The fraction of sp³-hybridized carbons (Fsp3) is 0.281. The van der Waals surface area contributed by atoms with Gasteiger partial charge in [0, 0.05) is 17.3 Å². The number of carbonyl (C=O) groups excluding carboxylic acids is 3. The summed E-state index contributed by atoms with van der Waals surface area (Å²) >= 11 is 0. The molecule has 0 spiro atoms. The van der Waals surface area contributed by atoms with Crippen LogP contribution in [0.1, 0.15) is 58.9 Å². The number of carbonyl (C=O) groups is 3. The Kier molecular flexibility index (Phi) is 11.8. The summed E-state index contributed by atoms with van der Waals surface area (Å²) in [4.78, 5) is 36.3. The van der Waals surface area contributed by atoms with E-state index in [4.69, 9.17) is 18.9 Å². The van der Waals surface area contributed by atoms with Crippen molar-refractivity contribution < 1.29 is 33.3 Å². The molecule has 3 aromatic rings. The quantitative estimate of drug-likeness (QED) is 0.100. The highest BCUT2D eigenvalue weighted by atomic mass is 16.5. The minimum Gasteiger partial charge on any atom is -0.494 e. The van der Waals surface area contributed by atoms with Crippen LogP contribution >= 0.6 is 0 Å². The minimum absolute atomic E-state index is 0.273. The molecular formula is C32H35NO7. The van der Waals surface area contributed by atoms with Crippen LogP contribution < -0.4 is 19.5 Å². The third kappa shape index (κ3) is 9.62. The molecule has 0 bridgehead atoms. The number of rotatable bonds is 15. The van der Waals surface area contributed by atoms with E-state index in [2.05, 4.69) is 18.8 Å². The number of nitrogens with one attached hydrogen (secondary N) is 1. The number of hydrogen-bond acceptors (Lipinski definition) is 7. The van der Waals surface area contributed by atoms with Gasteiger partial charge in [-0.25, -0.2) is 9.59 Å². The van der Waals surface area contributed by atoms with Gasteiger partial charge >= 0.3 is 11.9 Å². The molecule has 0 atom stereocenters. The van der Waals surface area contributed by atoms with Gasteiger partial charge in [0.05, 0.1) is 25.4 Å². The first-order valence-corrected chi connectivity index (χ1v) is 13.3. The van der Waals surface area contributed by atoms with Gasteiger partial charge in [-0.2, -0.15) is 0 Å². The Balaban J connectivity index is 1.47. The van der Waals surface area contributed by atoms with Gasteiger partial charge < -0.3 is 24.3 Å². The lowest BCUT2D eigenvalue weighted by molar-refractivity contribution is -0.137. The molecule has 40 heavy (non-hydrogen) atoms. The van der Waals surface area contributed by atoms with Crippen molar-refractivity contribution in [2.75, 3.05) is 25.1 Å². The number of ether oxygens (including phenoxy) is 4. The summed E-state index contributed by atoms with van der Waals surface area (Å²) in [7, 11) is 0. The smallest absolute Gasteiger partial charge is 0.343 e. The first-order valence-electron chi connectivity index (χ1n) is 13.3. The standard InChI is InChI=1S/C32H35NO7/c1-4-6-19-37-27-15-11-25(12-16-27)32(36)40-28-17-18-29(23(3)22-28)33-31(35)24-9-13-26(14-10-24)38-20-7-8-21-39-30(34)5-2/h5,9-18,22H,2,4,6-8,19-21H2,1,3H3,(H,33,35). The number of hydrogen-bond donors (Lipinski definition) is 1. The molecule has 8 heteroatoms. The third-order valence-electron chi connectivity index (χ3n) is 5.85. The second-order valence-electron chi connectivity index (χ2n) is 9.00. The van der Waals surface area contributed by atoms with Crippen molar-refractivity contribution in [3.63, 3.8) is 0 Å². The predicted molar refractivity (Wildman–Crippen MR) is 153 cm³/mol. The molecule has 0 radical (unpaired) electrons. The van der Waals surface area contributed by atoms with Crippen LogP contribution in [0, 0.1) is 6.92 Å². The van der Waals surface area contributed by atoms with Gasteiger partial charge in [-0.05, 0) is 98.5 Å². The van der Waals surface area contributed by atoms with Gasteiger partial charge in [0.15, 0.2) is 0 Å². The van der Waals surface area contributed by atoms with Crippen LogP contribution in [0.15, 0.2) is 79.4 Å². The van der Waals surface area contributed by atoms with E-state index in [0.717, 1.165) is 30.9 Å². The topological polar surface area (TPSA) is 100 Å². The molecule has 3 rings (SSSR count). The maximum absolute atomic E-state index is 12.8. The first-order chi connectivity index (χ1) is 19.4. The Morgan fingerprint density at radius 2 is 1.35 bits per heavy atom. The Morgan fingerprint density at radius 1 is 0.775 bits per heavy atom. The van der Waals surface area contributed by atoms with Gasteiger partial charge in [0.1, 0.15) is 17.2 Å². The Bertz CT molecular complexity index is 1280. The van der Waals surface area contributed by atoms with Gasteiger partial charge in [0.2, 0.25) is 0 Å². The summed E-state index contributed by atoms with van der Waals surface area (Å²) in [5, 5.41) is 2.88. The highest BCUT2D eigenvalue weighted by molar-refractivity contribution is 6.04. The van der Waals surface area contributed by atoms with Crippen molar-refractivity contribution in [1.29, 1.82) is 0 Å². The fourth-order valence-corrected chi connectivity index (χ4v) is 3.55. The third-order valence-corrected chi connectivity index (χ3v) is 5.85. The SMILES string of the molecule is C=CC(=O)OCCCCOc1ccc(C(=O)Nc2ccc(OC(=O)c3ccc(OCCCC)cc3)cc2C)cc1. The maximum atomic E-state index is 12.8. The normalized spacial score (nSPS) is 10.3. The number of esters is 2. The van der Waals surface area contributed by atoms with Crippen LogP contribution in [0.4, 0.5) is 5.69 Å². The van der Waals surface area contributed by atoms with Crippen LogP contribution in [0.2, 0.25) is 0 Å². The van der Waals surface area contributed by atoms with E-state index in [-0.39, 0.29) is 5.91 Å². The zero-order valence-corrected chi connectivity index (χ0v) is 22.9. The fourth-order valence-electron chi connectivity index (χ4n) is 3.55. The minimum atomic E-state index is -0.477. The number of aryl methyl sites for hydroxylation is 1. The molecule has 0 unspecified atom stereocenters. The summed E-state index contributed by atoms with van der Waals surface area (Å²) in [5.41, 5.74) is 2.24. The lowest BCUT2D eigenvalue weighted by Crippen LogP contribution is -2.13.